The number of aryl methyl sites for hydroxylation is 1. The molecular formula is C22H18ClFN2O4S. The molecule has 0 aliphatic rings. The third kappa shape index (κ3) is 6.13. The van der Waals surface area contributed by atoms with Crippen LogP contribution in [0.4, 0.5) is 4.39 Å². The molecule has 0 heterocycles. The van der Waals surface area contributed by atoms with Gasteiger partial charge in [0, 0.05) is 5.02 Å². The molecule has 0 aliphatic carbocycles. The van der Waals surface area contributed by atoms with Crippen molar-refractivity contribution in [1.82, 2.24) is 5.43 Å². The molecule has 160 valence electrons. The fourth-order valence-electron chi connectivity index (χ4n) is 2.63. The molecule has 0 aliphatic heterocycles. The SMILES string of the molecule is Cc1ccc(S(=O)(=O)Oc2cccc(F)c2C=NNC(=O)Cc2cccc(Cl)c2)cc1. The normalized spacial score (nSPS) is 11.5. The highest BCUT2D eigenvalue weighted by molar-refractivity contribution is 7.87. The Morgan fingerprint density at radius 3 is 2.55 bits per heavy atom. The Morgan fingerprint density at radius 2 is 1.84 bits per heavy atom. The van der Waals surface area contributed by atoms with E-state index in [1.807, 2.05) is 6.92 Å². The van der Waals surface area contributed by atoms with E-state index in [4.69, 9.17) is 15.8 Å². The lowest BCUT2D eigenvalue weighted by atomic mass is 10.1. The van der Waals surface area contributed by atoms with Crippen LogP contribution in [0.1, 0.15) is 16.7 Å². The molecule has 3 aromatic carbocycles. The maximum atomic E-state index is 14.3. The minimum Gasteiger partial charge on any atom is -0.378 e. The van der Waals surface area contributed by atoms with Crippen molar-refractivity contribution in [3.05, 3.63) is 94.3 Å². The maximum absolute atomic E-state index is 14.3. The molecule has 1 N–H and O–H groups in total. The van der Waals surface area contributed by atoms with Gasteiger partial charge in [0.1, 0.15) is 10.7 Å². The first kappa shape index (κ1) is 22.5. The Kier molecular flexibility index (Phi) is 7.04. The number of rotatable bonds is 7. The van der Waals surface area contributed by atoms with Crippen LogP contribution < -0.4 is 9.61 Å². The molecule has 6 nitrogen and oxygen atoms in total. The smallest absolute Gasteiger partial charge is 0.339 e. The molecule has 0 fully saturated rings. The summed E-state index contributed by atoms with van der Waals surface area (Å²) in [5, 5.41) is 4.22. The quantitative estimate of drug-likeness (QED) is 0.324. The minimum atomic E-state index is -4.18. The van der Waals surface area contributed by atoms with E-state index >= 15 is 0 Å². The lowest BCUT2D eigenvalue weighted by Gasteiger charge is -2.10. The lowest BCUT2D eigenvalue weighted by molar-refractivity contribution is -0.120. The van der Waals surface area contributed by atoms with Gasteiger partial charge in [0.15, 0.2) is 5.75 Å². The maximum Gasteiger partial charge on any atom is 0.339 e. The van der Waals surface area contributed by atoms with E-state index in [1.165, 1.54) is 24.3 Å². The number of carbonyl (C=O) groups excluding carboxylic acids is 1. The molecule has 9 heteroatoms. The van der Waals surface area contributed by atoms with Gasteiger partial charge >= 0.3 is 10.1 Å². The van der Waals surface area contributed by atoms with Crippen LogP contribution in [0.25, 0.3) is 0 Å². The summed E-state index contributed by atoms with van der Waals surface area (Å²) in [7, 11) is -4.18. The zero-order valence-electron chi connectivity index (χ0n) is 16.4. The number of halogens is 2. The van der Waals surface area contributed by atoms with Gasteiger partial charge in [-0.05, 0) is 48.9 Å². The van der Waals surface area contributed by atoms with E-state index in [0.717, 1.165) is 17.8 Å². The van der Waals surface area contributed by atoms with E-state index < -0.39 is 21.8 Å². The molecule has 0 bridgehead atoms. The molecule has 0 atom stereocenters. The highest BCUT2D eigenvalue weighted by Crippen LogP contribution is 2.24. The summed E-state index contributed by atoms with van der Waals surface area (Å²) < 4.78 is 44.5. The van der Waals surface area contributed by atoms with E-state index in [0.29, 0.717) is 10.6 Å². The summed E-state index contributed by atoms with van der Waals surface area (Å²) in [6.45, 7) is 1.82. The molecular weight excluding hydrogens is 443 g/mol. The predicted octanol–water partition coefficient (Wildman–Crippen LogP) is 4.25. The van der Waals surface area contributed by atoms with Crippen LogP contribution >= 0.6 is 11.6 Å². The van der Waals surface area contributed by atoms with Gasteiger partial charge in [-0.2, -0.15) is 13.5 Å². The average Bonchev–Trinajstić information content (AvgIpc) is 2.70. The summed E-state index contributed by atoms with van der Waals surface area (Å²) in [5.74, 6) is -1.47. The molecule has 0 aromatic heterocycles. The number of hydrogen-bond acceptors (Lipinski definition) is 5. The fraction of sp³-hybridized carbons (Fsp3) is 0.0909. The Morgan fingerprint density at radius 1 is 1.13 bits per heavy atom. The highest BCUT2D eigenvalue weighted by Gasteiger charge is 2.19. The largest absolute Gasteiger partial charge is 0.378 e. The van der Waals surface area contributed by atoms with Crippen LogP contribution in [0.2, 0.25) is 5.02 Å². The van der Waals surface area contributed by atoms with Crippen molar-refractivity contribution in [3.8, 4) is 5.75 Å². The molecule has 3 aromatic rings. The third-order valence-electron chi connectivity index (χ3n) is 4.16. The van der Waals surface area contributed by atoms with Crippen LogP contribution in [0.15, 0.2) is 76.7 Å². The van der Waals surface area contributed by atoms with Crippen molar-refractivity contribution in [2.24, 2.45) is 5.10 Å². The second kappa shape index (κ2) is 9.72. The second-order valence-corrected chi connectivity index (χ2v) is 8.58. The van der Waals surface area contributed by atoms with Gasteiger partial charge in [-0.15, -0.1) is 0 Å². The van der Waals surface area contributed by atoms with Gasteiger partial charge in [-0.3, -0.25) is 4.79 Å². The standard InChI is InChI=1S/C22H18ClFN2O4S/c1-15-8-10-18(11-9-15)31(28,29)30-21-7-3-6-20(24)19(21)14-25-26-22(27)13-16-4-2-5-17(23)12-16/h2-12,14H,13H2,1H3,(H,26,27). The lowest BCUT2D eigenvalue weighted by Crippen LogP contribution is -2.20. The van der Waals surface area contributed by atoms with Gasteiger partial charge in [0.2, 0.25) is 5.91 Å². The molecule has 0 radical (unpaired) electrons. The zero-order valence-corrected chi connectivity index (χ0v) is 18.0. The van der Waals surface area contributed by atoms with Gasteiger partial charge in [-0.25, -0.2) is 9.82 Å². The van der Waals surface area contributed by atoms with Crippen molar-refractivity contribution in [2.75, 3.05) is 0 Å². The molecule has 31 heavy (non-hydrogen) atoms. The summed E-state index contributed by atoms with van der Waals surface area (Å²) >= 11 is 5.89. The Balaban J connectivity index is 1.74. The van der Waals surface area contributed by atoms with E-state index in [2.05, 4.69) is 10.5 Å². The molecule has 1 amide bonds. The monoisotopic (exact) mass is 460 g/mol. The number of hydrogen-bond donors (Lipinski definition) is 1. The topological polar surface area (TPSA) is 84.8 Å². The van der Waals surface area contributed by atoms with Crippen molar-refractivity contribution >= 4 is 33.8 Å². The summed E-state index contributed by atoms with van der Waals surface area (Å²) in [4.78, 5) is 12.0. The summed E-state index contributed by atoms with van der Waals surface area (Å²) in [6.07, 6.45) is 1.01. The van der Waals surface area contributed by atoms with E-state index in [-0.39, 0.29) is 22.6 Å². The first-order valence-corrected chi connectivity index (χ1v) is 10.9. The molecule has 0 saturated heterocycles. The third-order valence-corrected chi connectivity index (χ3v) is 5.64. The number of nitrogens with zero attached hydrogens (tertiary/aromatic N) is 1. The van der Waals surface area contributed by atoms with Gasteiger partial charge in [-0.1, -0.05) is 47.5 Å². The summed E-state index contributed by atoms with van der Waals surface area (Å²) in [5.41, 5.74) is 3.61. The van der Waals surface area contributed by atoms with Crippen molar-refractivity contribution < 1.29 is 21.8 Å². The minimum absolute atomic E-state index is 0.0142. The summed E-state index contributed by atoms with van der Waals surface area (Å²) in [6, 6.07) is 16.5. The fourth-order valence-corrected chi connectivity index (χ4v) is 3.79. The first-order chi connectivity index (χ1) is 14.7. The average molecular weight is 461 g/mol. The molecule has 0 spiro atoms. The van der Waals surface area contributed by atoms with Crippen molar-refractivity contribution in [1.29, 1.82) is 0 Å². The van der Waals surface area contributed by atoms with E-state index in [1.54, 1.807) is 36.4 Å². The Labute approximate surface area is 184 Å². The van der Waals surface area contributed by atoms with Gasteiger partial charge < -0.3 is 4.18 Å². The van der Waals surface area contributed by atoms with E-state index in [9.17, 15) is 17.6 Å². The van der Waals surface area contributed by atoms with Crippen LogP contribution in [-0.2, 0) is 21.3 Å². The molecule has 3 rings (SSSR count). The van der Waals surface area contributed by atoms with Crippen LogP contribution in [0.5, 0.6) is 5.75 Å². The Hall–Kier alpha value is -3.23. The van der Waals surface area contributed by atoms with Crippen LogP contribution in [0, 0.1) is 12.7 Å². The number of benzene rings is 3. The van der Waals surface area contributed by atoms with Crippen LogP contribution in [0.3, 0.4) is 0 Å². The highest BCUT2D eigenvalue weighted by atomic mass is 35.5. The first-order valence-electron chi connectivity index (χ1n) is 9.10. The van der Waals surface area contributed by atoms with Crippen molar-refractivity contribution in [3.63, 3.8) is 0 Å². The molecule has 0 saturated carbocycles. The van der Waals surface area contributed by atoms with Gasteiger partial charge in [0.25, 0.3) is 0 Å². The Bertz CT molecular complexity index is 1230. The number of amides is 1. The number of hydrazone groups is 1. The second-order valence-electron chi connectivity index (χ2n) is 6.60. The van der Waals surface area contributed by atoms with Crippen molar-refractivity contribution in [2.45, 2.75) is 18.2 Å². The van der Waals surface area contributed by atoms with Crippen LogP contribution in [-0.4, -0.2) is 20.5 Å². The predicted molar refractivity (Wildman–Crippen MR) is 116 cm³/mol. The number of nitrogens with one attached hydrogen (secondary N) is 1. The zero-order chi connectivity index (χ0) is 22.4. The van der Waals surface area contributed by atoms with Gasteiger partial charge in [0.05, 0.1) is 18.2 Å². The number of carbonyl (C=O) groups is 1. The molecule has 0 unspecified atom stereocenters.